The van der Waals surface area contributed by atoms with Gasteiger partial charge in [-0.2, -0.15) is 0 Å². The normalized spacial score (nSPS) is 14.0. The highest BCUT2D eigenvalue weighted by Crippen LogP contribution is 2.28. The van der Waals surface area contributed by atoms with Gasteiger partial charge < -0.3 is 10.1 Å². The number of benzene rings is 2. The summed E-state index contributed by atoms with van der Waals surface area (Å²) < 4.78 is 20.4. The molecule has 1 saturated carbocycles. The van der Waals surface area contributed by atoms with E-state index in [0.29, 0.717) is 35.7 Å². The summed E-state index contributed by atoms with van der Waals surface area (Å²) in [6, 6.07) is 21.8. The van der Waals surface area contributed by atoms with Gasteiger partial charge in [0.25, 0.3) is 0 Å². The summed E-state index contributed by atoms with van der Waals surface area (Å²) in [6.07, 6.45) is 8.91. The Bertz CT molecular complexity index is 1220. The fourth-order valence-electron chi connectivity index (χ4n) is 4.28. The lowest BCUT2D eigenvalue weighted by Gasteiger charge is -2.22. The zero-order chi connectivity index (χ0) is 23.2. The van der Waals surface area contributed by atoms with Crippen molar-refractivity contribution in [3.05, 3.63) is 90.5 Å². The van der Waals surface area contributed by atoms with E-state index in [1.807, 2.05) is 66.7 Å². The molecule has 0 saturated heterocycles. The predicted molar refractivity (Wildman–Crippen MR) is 132 cm³/mol. The number of pyridine rings is 1. The molecule has 5 nitrogen and oxygen atoms in total. The Morgan fingerprint density at radius 3 is 2.44 bits per heavy atom. The molecule has 5 rings (SSSR count). The summed E-state index contributed by atoms with van der Waals surface area (Å²) in [6.45, 7) is 0.465. The van der Waals surface area contributed by atoms with Gasteiger partial charge in [-0.3, -0.25) is 0 Å². The number of rotatable bonds is 7. The molecule has 34 heavy (non-hydrogen) atoms. The lowest BCUT2D eigenvalue weighted by molar-refractivity contribution is 0.294. The van der Waals surface area contributed by atoms with E-state index in [1.165, 1.54) is 25.5 Å². The summed E-state index contributed by atoms with van der Waals surface area (Å²) in [4.78, 5) is 13.1. The number of ether oxygens (including phenoxy) is 1. The summed E-state index contributed by atoms with van der Waals surface area (Å²) in [7, 11) is 0. The van der Waals surface area contributed by atoms with Crippen LogP contribution < -0.4 is 10.1 Å². The number of halogens is 1. The standard InChI is InChI=1S/C28H27FN4O/c29-25-18-31-28(32-24-12-5-2-6-13-24)33-27(25)22-11-7-10-21(16-22)23-14-15-26(30-17-23)34-19-20-8-3-1-4-9-20/h1,3-4,7-11,14-18,24H,2,5-6,12-13,19H2,(H,31,32,33). The van der Waals surface area contributed by atoms with Crippen LogP contribution in [-0.4, -0.2) is 21.0 Å². The van der Waals surface area contributed by atoms with Crippen molar-refractivity contribution >= 4 is 5.95 Å². The van der Waals surface area contributed by atoms with E-state index < -0.39 is 5.82 Å². The van der Waals surface area contributed by atoms with Crippen molar-refractivity contribution in [3.8, 4) is 28.3 Å². The molecule has 0 atom stereocenters. The van der Waals surface area contributed by atoms with Gasteiger partial charge in [0.15, 0.2) is 5.82 Å². The number of aromatic nitrogens is 3. The Labute approximate surface area is 199 Å². The Balaban J connectivity index is 1.32. The first kappa shape index (κ1) is 22.0. The number of hydrogen-bond acceptors (Lipinski definition) is 5. The second-order valence-electron chi connectivity index (χ2n) is 8.61. The highest BCUT2D eigenvalue weighted by Gasteiger charge is 2.16. The van der Waals surface area contributed by atoms with Gasteiger partial charge in [0, 0.05) is 29.4 Å². The van der Waals surface area contributed by atoms with E-state index in [-0.39, 0.29) is 0 Å². The van der Waals surface area contributed by atoms with E-state index in [9.17, 15) is 4.39 Å². The third-order valence-electron chi connectivity index (χ3n) is 6.12. The van der Waals surface area contributed by atoms with Crippen LogP contribution in [0.5, 0.6) is 5.88 Å². The van der Waals surface area contributed by atoms with Crippen molar-refractivity contribution in [1.29, 1.82) is 0 Å². The number of anilines is 1. The minimum Gasteiger partial charge on any atom is -0.473 e. The van der Waals surface area contributed by atoms with E-state index in [0.717, 1.165) is 29.5 Å². The molecular formula is C28H27FN4O. The van der Waals surface area contributed by atoms with Gasteiger partial charge in [0.05, 0.1) is 6.20 Å². The van der Waals surface area contributed by atoms with Crippen molar-refractivity contribution in [2.24, 2.45) is 0 Å². The van der Waals surface area contributed by atoms with Gasteiger partial charge in [-0.25, -0.2) is 19.3 Å². The minimum absolute atomic E-state index is 0.297. The smallest absolute Gasteiger partial charge is 0.223 e. The second kappa shape index (κ2) is 10.4. The van der Waals surface area contributed by atoms with Gasteiger partial charge in [0.1, 0.15) is 12.3 Å². The first-order valence-corrected chi connectivity index (χ1v) is 11.8. The molecule has 172 valence electrons. The Morgan fingerprint density at radius 1 is 0.824 bits per heavy atom. The fraction of sp³-hybridized carbons (Fsp3) is 0.250. The van der Waals surface area contributed by atoms with Gasteiger partial charge in [-0.15, -0.1) is 0 Å². The van der Waals surface area contributed by atoms with Crippen LogP contribution in [0.25, 0.3) is 22.4 Å². The van der Waals surface area contributed by atoms with Crippen LogP contribution in [0.2, 0.25) is 0 Å². The fourth-order valence-corrected chi connectivity index (χ4v) is 4.28. The maximum Gasteiger partial charge on any atom is 0.223 e. The van der Waals surface area contributed by atoms with E-state index >= 15 is 0 Å². The molecule has 0 unspecified atom stereocenters. The maximum absolute atomic E-state index is 14.7. The molecule has 1 N–H and O–H groups in total. The molecule has 1 aliphatic rings. The monoisotopic (exact) mass is 454 g/mol. The Hall–Kier alpha value is -3.80. The number of nitrogens with one attached hydrogen (secondary N) is 1. The van der Waals surface area contributed by atoms with E-state index in [2.05, 4.69) is 20.3 Å². The molecule has 0 radical (unpaired) electrons. The largest absolute Gasteiger partial charge is 0.473 e. The molecule has 2 heterocycles. The predicted octanol–water partition coefficient (Wildman–Crippen LogP) is 6.67. The first-order chi connectivity index (χ1) is 16.7. The average Bonchev–Trinajstić information content (AvgIpc) is 2.90. The summed E-state index contributed by atoms with van der Waals surface area (Å²) in [5, 5.41) is 3.38. The number of nitrogens with zero attached hydrogens (tertiary/aromatic N) is 3. The molecule has 6 heteroatoms. The molecular weight excluding hydrogens is 427 g/mol. The average molecular weight is 455 g/mol. The Kier molecular flexibility index (Phi) is 6.75. The molecule has 0 amide bonds. The van der Waals surface area contributed by atoms with Crippen LogP contribution in [0.3, 0.4) is 0 Å². The Morgan fingerprint density at radius 2 is 1.65 bits per heavy atom. The van der Waals surface area contributed by atoms with Crippen LogP contribution in [0, 0.1) is 5.82 Å². The third-order valence-corrected chi connectivity index (χ3v) is 6.12. The van der Waals surface area contributed by atoms with Crippen molar-refractivity contribution in [2.45, 2.75) is 44.8 Å². The second-order valence-corrected chi connectivity index (χ2v) is 8.61. The van der Waals surface area contributed by atoms with Gasteiger partial charge in [0.2, 0.25) is 11.8 Å². The summed E-state index contributed by atoms with van der Waals surface area (Å²) in [5.41, 5.74) is 3.94. The van der Waals surface area contributed by atoms with Crippen molar-refractivity contribution < 1.29 is 9.13 Å². The molecule has 0 spiro atoms. The van der Waals surface area contributed by atoms with Crippen molar-refractivity contribution in [1.82, 2.24) is 15.0 Å². The van der Waals surface area contributed by atoms with Crippen molar-refractivity contribution in [2.75, 3.05) is 5.32 Å². The molecule has 2 aromatic heterocycles. The topological polar surface area (TPSA) is 59.9 Å². The summed E-state index contributed by atoms with van der Waals surface area (Å²) >= 11 is 0. The van der Waals surface area contributed by atoms with Gasteiger partial charge in [-0.1, -0.05) is 67.8 Å². The molecule has 2 aromatic carbocycles. The van der Waals surface area contributed by atoms with Crippen LogP contribution in [0.15, 0.2) is 79.1 Å². The number of hydrogen-bond donors (Lipinski definition) is 1. The van der Waals surface area contributed by atoms with Crippen LogP contribution in [0.4, 0.5) is 10.3 Å². The molecule has 0 aliphatic heterocycles. The first-order valence-electron chi connectivity index (χ1n) is 11.8. The molecule has 4 aromatic rings. The maximum atomic E-state index is 14.7. The van der Waals surface area contributed by atoms with Crippen LogP contribution >= 0.6 is 0 Å². The summed E-state index contributed by atoms with van der Waals surface area (Å²) in [5.74, 6) is 0.605. The van der Waals surface area contributed by atoms with Gasteiger partial charge >= 0.3 is 0 Å². The zero-order valence-corrected chi connectivity index (χ0v) is 19.0. The van der Waals surface area contributed by atoms with Crippen LogP contribution in [-0.2, 0) is 6.61 Å². The lowest BCUT2D eigenvalue weighted by atomic mass is 9.96. The highest BCUT2D eigenvalue weighted by atomic mass is 19.1. The molecule has 1 aliphatic carbocycles. The van der Waals surface area contributed by atoms with E-state index in [1.54, 1.807) is 6.20 Å². The highest BCUT2D eigenvalue weighted by molar-refractivity contribution is 5.71. The third kappa shape index (κ3) is 5.39. The van der Waals surface area contributed by atoms with Crippen molar-refractivity contribution in [3.63, 3.8) is 0 Å². The SMILES string of the molecule is Fc1cnc(NC2CCCCC2)nc1-c1cccc(-c2ccc(OCc3ccccc3)nc2)c1. The quantitative estimate of drug-likeness (QED) is 0.338. The van der Waals surface area contributed by atoms with E-state index in [4.69, 9.17) is 4.74 Å². The molecule has 0 bridgehead atoms. The van der Waals surface area contributed by atoms with Gasteiger partial charge in [-0.05, 0) is 36.1 Å². The molecule has 1 fully saturated rings. The van der Waals surface area contributed by atoms with Crippen LogP contribution in [0.1, 0.15) is 37.7 Å². The zero-order valence-electron chi connectivity index (χ0n) is 19.0. The lowest BCUT2D eigenvalue weighted by Crippen LogP contribution is -2.23. The minimum atomic E-state index is -0.436.